The number of benzene rings is 1. The Kier molecular flexibility index (Phi) is 4.16. The van der Waals surface area contributed by atoms with Gasteiger partial charge in [0.15, 0.2) is 0 Å². The van der Waals surface area contributed by atoms with Gasteiger partial charge in [-0.3, -0.25) is 0 Å². The Balaban J connectivity index is 1.74. The van der Waals surface area contributed by atoms with Crippen LogP contribution in [0.1, 0.15) is 75.3 Å². The maximum atomic E-state index is 11.0. The molecule has 2 aliphatic carbocycles. The third-order valence-electron chi connectivity index (χ3n) is 5.56. The highest BCUT2D eigenvalue weighted by Gasteiger charge is 2.34. The van der Waals surface area contributed by atoms with Crippen molar-refractivity contribution < 1.29 is 5.11 Å². The molecule has 0 bridgehead atoms. The van der Waals surface area contributed by atoms with Crippen molar-refractivity contribution in [2.75, 3.05) is 0 Å². The topological polar surface area (TPSA) is 20.2 Å². The summed E-state index contributed by atoms with van der Waals surface area (Å²) in [5.74, 6) is 1.38. The minimum Gasteiger partial charge on any atom is -0.390 e. The van der Waals surface area contributed by atoms with Crippen LogP contribution in [0.3, 0.4) is 0 Å². The number of hydrogen-bond acceptors (Lipinski definition) is 1. The Morgan fingerprint density at radius 2 is 1.95 bits per heavy atom. The second-order valence-corrected chi connectivity index (χ2v) is 7.25. The summed E-state index contributed by atoms with van der Waals surface area (Å²) in [6, 6.07) is 8.89. The van der Waals surface area contributed by atoms with Gasteiger partial charge < -0.3 is 5.11 Å². The Morgan fingerprint density at radius 1 is 1.10 bits per heavy atom. The van der Waals surface area contributed by atoms with Crippen LogP contribution in [0.25, 0.3) is 0 Å². The largest absolute Gasteiger partial charge is 0.390 e. The molecule has 1 fully saturated rings. The molecule has 20 heavy (non-hydrogen) atoms. The van der Waals surface area contributed by atoms with Gasteiger partial charge in [-0.05, 0) is 67.9 Å². The molecule has 1 heteroatoms. The highest BCUT2D eigenvalue weighted by Crippen LogP contribution is 2.41. The molecule has 1 aromatic rings. The minimum atomic E-state index is -0.403. The lowest BCUT2D eigenvalue weighted by Crippen LogP contribution is -2.31. The van der Waals surface area contributed by atoms with Crippen molar-refractivity contribution in [1.82, 2.24) is 0 Å². The van der Waals surface area contributed by atoms with Crippen molar-refractivity contribution in [3.05, 3.63) is 35.4 Å². The number of aliphatic hydroxyl groups is 1. The van der Waals surface area contributed by atoms with Crippen molar-refractivity contribution in [3.63, 3.8) is 0 Å². The van der Waals surface area contributed by atoms with Gasteiger partial charge >= 0.3 is 0 Å². The number of rotatable bonds is 2. The Hall–Kier alpha value is -0.820. The van der Waals surface area contributed by atoms with Gasteiger partial charge in [-0.2, -0.15) is 0 Å². The molecular weight excluding hydrogens is 244 g/mol. The van der Waals surface area contributed by atoms with Gasteiger partial charge in [0.25, 0.3) is 0 Å². The molecule has 0 amide bonds. The first kappa shape index (κ1) is 14.1. The normalized spacial score (nSPS) is 34.3. The van der Waals surface area contributed by atoms with Crippen LogP contribution in [0, 0.1) is 5.92 Å². The average molecular weight is 272 g/mol. The first-order valence-corrected chi connectivity index (χ1v) is 8.46. The van der Waals surface area contributed by atoms with E-state index in [2.05, 4.69) is 31.2 Å². The van der Waals surface area contributed by atoms with E-state index in [1.165, 1.54) is 49.7 Å². The summed E-state index contributed by atoms with van der Waals surface area (Å²) < 4.78 is 0. The van der Waals surface area contributed by atoms with Crippen LogP contribution in [0.4, 0.5) is 0 Å². The minimum absolute atomic E-state index is 0.403. The summed E-state index contributed by atoms with van der Waals surface area (Å²) in [5, 5.41) is 11.0. The van der Waals surface area contributed by atoms with Crippen LogP contribution < -0.4 is 0 Å². The molecule has 2 aliphatic rings. The van der Waals surface area contributed by atoms with Crippen molar-refractivity contribution in [2.45, 2.75) is 76.2 Å². The van der Waals surface area contributed by atoms with Crippen molar-refractivity contribution >= 4 is 0 Å². The molecule has 0 aliphatic heterocycles. The van der Waals surface area contributed by atoms with E-state index < -0.39 is 5.60 Å². The highest BCUT2D eigenvalue weighted by atomic mass is 16.3. The third kappa shape index (κ3) is 3.09. The summed E-state index contributed by atoms with van der Waals surface area (Å²) in [6.07, 6.45) is 10.5. The van der Waals surface area contributed by atoms with Crippen LogP contribution in [-0.4, -0.2) is 10.7 Å². The molecule has 0 spiro atoms. The van der Waals surface area contributed by atoms with Gasteiger partial charge in [0.05, 0.1) is 5.60 Å². The van der Waals surface area contributed by atoms with Crippen LogP contribution in [-0.2, 0) is 6.42 Å². The molecule has 0 radical (unpaired) electrons. The lowest BCUT2D eigenvalue weighted by molar-refractivity contribution is 0.00739. The quantitative estimate of drug-likeness (QED) is 0.765. The van der Waals surface area contributed by atoms with Gasteiger partial charge in [-0.1, -0.05) is 44.0 Å². The summed E-state index contributed by atoms with van der Waals surface area (Å²) in [4.78, 5) is 0. The zero-order valence-electron chi connectivity index (χ0n) is 12.8. The zero-order chi connectivity index (χ0) is 14.0. The lowest BCUT2D eigenvalue weighted by Gasteiger charge is -2.34. The molecule has 1 N–H and O–H groups in total. The fraction of sp³-hybridized carbons (Fsp3) is 0.684. The predicted octanol–water partition coefficient (Wildman–Crippen LogP) is 4.83. The van der Waals surface area contributed by atoms with Crippen molar-refractivity contribution in [1.29, 1.82) is 0 Å². The molecule has 3 atom stereocenters. The smallest absolute Gasteiger partial charge is 0.0653 e. The second-order valence-electron chi connectivity index (χ2n) is 7.25. The number of hydrogen-bond donors (Lipinski definition) is 1. The maximum absolute atomic E-state index is 11.0. The van der Waals surface area contributed by atoms with Gasteiger partial charge in [-0.25, -0.2) is 0 Å². The van der Waals surface area contributed by atoms with Crippen LogP contribution >= 0.6 is 0 Å². The molecule has 110 valence electrons. The summed E-state index contributed by atoms with van der Waals surface area (Å²) >= 11 is 0. The van der Waals surface area contributed by atoms with Gasteiger partial charge in [0.1, 0.15) is 0 Å². The third-order valence-corrected chi connectivity index (χ3v) is 5.56. The average Bonchev–Trinajstić information content (AvgIpc) is 2.61. The number of fused-ring (bicyclic) bond motifs is 1. The van der Waals surface area contributed by atoms with E-state index in [9.17, 15) is 5.11 Å². The monoisotopic (exact) mass is 272 g/mol. The van der Waals surface area contributed by atoms with E-state index in [1.54, 1.807) is 0 Å². The van der Waals surface area contributed by atoms with Crippen molar-refractivity contribution in [2.24, 2.45) is 5.92 Å². The van der Waals surface area contributed by atoms with Gasteiger partial charge in [-0.15, -0.1) is 0 Å². The Labute approximate surface area is 123 Å². The Bertz CT molecular complexity index is 453. The molecule has 3 rings (SSSR count). The lowest BCUT2D eigenvalue weighted by atomic mass is 9.75. The molecule has 1 aromatic carbocycles. The molecule has 0 saturated heterocycles. The molecule has 1 nitrogen and oxygen atoms in total. The molecule has 1 saturated carbocycles. The van der Waals surface area contributed by atoms with Gasteiger partial charge in [0, 0.05) is 0 Å². The SMILES string of the molecule is CC1CCCC(O)(CC2CCCc3ccccc32)CC1. The summed E-state index contributed by atoms with van der Waals surface area (Å²) in [7, 11) is 0. The van der Waals surface area contributed by atoms with E-state index in [0.29, 0.717) is 5.92 Å². The first-order chi connectivity index (χ1) is 9.66. The van der Waals surface area contributed by atoms with Crippen LogP contribution in [0.5, 0.6) is 0 Å². The van der Waals surface area contributed by atoms with E-state index in [1.807, 2.05) is 0 Å². The highest BCUT2D eigenvalue weighted by molar-refractivity contribution is 5.32. The fourth-order valence-corrected chi connectivity index (χ4v) is 4.29. The van der Waals surface area contributed by atoms with Gasteiger partial charge in [0.2, 0.25) is 0 Å². The molecule has 0 heterocycles. The maximum Gasteiger partial charge on any atom is 0.0653 e. The first-order valence-electron chi connectivity index (χ1n) is 8.46. The van der Waals surface area contributed by atoms with E-state index in [4.69, 9.17) is 0 Å². The van der Waals surface area contributed by atoms with Crippen LogP contribution in [0.15, 0.2) is 24.3 Å². The van der Waals surface area contributed by atoms with Crippen LogP contribution in [0.2, 0.25) is 0 Å². The van der Waals surface area contributed by atoms with E-state index in [-0.39, 0.29) is 0 Å². The van der Waals surface area contributed by atoms with E-state index in [0.717, 1.165) is 25.2 Å². The predicted molar refractivity (Wildman–Crippen MR) is 83.9 cm³/mol. The molecule has 3 unspecified atom stereocenters. The van der Waals surface area contributed by atoms with Crippen molar-refractivity contribution in [3.8, 4) is 0 Å². The number of aryl methyl sites for hydroxylation is 1. The fourth-order valence-electron chi connectivity index (χ4n) is 4.29. The van der Waals surface area contributed by atoms with E-state index >= 15 is 0 Å². The summed E-state index contributed by atoms with van der Waals surface area (Å²) in [6.45, 7) is 2.33. The molecule has 0 aromatic heterocycles. The zero-order valence-corrected chi connectivity index (χ0v) is 12.8. The summed E-state index contributed by atoms with van der Waals surface area (Å²) in [5.41, 5.74) is 2.64. The Morgan fingerprint density at radius 3 is 2.85 bits per heavy atom. The standard InChI is InChI=1S/C19H28O/c1-15-6-5-12-19(20,13-11-15)14-17-9-4-8-16-7-2-3-10-18(16)17/h2-3,7,10,15,17,20H,4-6,8-9,11-14H2,1H3. The molecular formula is C19H28O. The second kappa shape index (κ2) is 5.89.